The number of nitriles is 1. The summed E-state index contributed by atoms with van der Waals surface area (Å²) in [6.45, 7) is 0.477. The lowest BCUT2D eigenvalue weighted by molar-refractivity contribution is 0.578. The van der Waals surface area contributed by atoms with Crippen LogP contribution in [0.15, 0.2) is 18.2 Å². The van der Waals surface area contributed by atoms with Gasteiger partial charge in [0.05, 0.1) is 17.3 Å². The Bertz CT molecular complexity index is 625. The lowest BCUT2D eigenvalue weighted by atomic mass is 10.2. The first-order valence-electron chi connectivity index (χ1n) is 5.66. The second-order valence-electron chi connectivity index (χ2n) is 4.33. The molecule has 0 aliphatic carbocycles. The fourth-order valence-electron chi connectivity index (χ4n) is 2.02. The quantitative estimate of drug-likeness (QED) is 0.830. The number of sulfone groups is 1. The highest BCUT2D eigenvalue weighted by atomic mass is 32.2. The molecule has 1 heterocycles. The van der Waals surface area contributed by atoms with E-state index in [1.54, 1.807) is 16.7 Å². The van der Waals surface area contributed by atoms with Gasteiger partial charge >= 0.3 is 0 Å². The Morgan fingerprint density at radius 3 is 2.84 bits per heavy atom. The Morgan fingerprint density at radius 1 is 1.53 bits per heavy atom. The molecule has 0 amide bonds. The molecule has 1 aliphatic rings. The lowest BCUT2D eigenvalue weighted by Gasteiger charge is -2.36. The molecule has 19 heavy (non-hydrogen) atoms. The summed E-state index contributed by atoms with van der Waals surface area (Å²) in [5, 5.41) is 8.00. The largest absolute Gasteiger partial charge is 0.351 e. The second kappa shape index (κ2) is 5.39. The first-order chi connectivity index (χ1) is 8.93. The molecule has 1 atom stereocenters. The normalized spacial score (nSPS) is 20.1. The molecule has 1 saturated heterocycles. The molecule has 1 unspecified atom stereocenters. The summed E-state index contributed by atoms with van der Waals surface area (Å²) < 4.78 is 37.5. The monoisotopic (exact) mass is 300 g/mol. The minimum atomic E-state index is -3.28. The van der Waals surface area contributed by atoms with Crippen LogP contribution in [-0.2, 0) is 9.84 Å². The fraction of sp³-hybridized carbons (Fsp3) is 0.417. The maximum absolute atomic E-state index is 14.0. The first-order valence-corrected chi connectivity index (χ1v) is 8.77. The summed E-state index contributed by atoms with van der Waals surface area (Å²) in [5.74, 6) is 0.628. The predicted molar refractivity (Wildman–Crippen MR) is 74.4 cm³/mol. The van der Waals surface area contributed by atoms with Crippen molar-refractivity contribution in [1.82, 2.24) is 0 Å². The molecule has 0 radical (unpaired) electrons. The van der Waals surface area contributed by atoms with E-state index in [4.69, 9.17) is 5.26 Å². The predicted octanol–water partition coefficient (Wildman–Crippen LogP) is 1.62. The van der Waals surface area contributed by atoms with Gasteiger partial charge < -0.3 is 4.90 Å². The molecule has 2 rings (SSSR count). The van der Waals surface area contributed by atoms with Crippen LogP contribution >= 0.6 is 11.8 Å². The molecule has 0 N–H and O–H groups in total. The van der Waals surface area contributed by atoms with Gasteiger partial charge in [-0.1, -0.05) is 0 Å². The van der Waals surface area contributed by atoms with Crippen molar-refractivity contribution in [2.75, 3.05) is 29.2 Å². The molecule has 0 spiro atoms. The molecule has 102 valence electrons. The third-order valence-electron chi connectivity index (χ3n) is 2.97. The molecular weight excluding hydrogens is 287 g/mol. The highest BCUT2D eigenvalue weighted by Crippen LogP contribution is 2.29. The summed E-state index contributed by atoms with van der Waals surface area (Å²) in [5.41, 5.74) is 0.471. The number of anilines is 1. The number of rotatable bonds is 2. The van der Waals surface area contributed by atoms with Gasteiger partial charge in [0.25, 0.3) is 0 Å². The summed E-state index contributed by atoms with van der Waals surface area (Å²) >= 11 is 1.55. The van der Waals surface area contributed by atoms with Crippen molar-refractivity contribution in [3.63, 3.8) is 0 Å². The smallest absolute Gasteiger partial charge is 0.169 e. The second-order valence-corrected chi connectivity index (χ2v) is 7.68. The van der Waals surface area contributed by atoms with E-state index >= 15 is 0 Å². The highest BCUT2D eigenvalue weighted by molar-refractivity contribution is 8.01. The number of hydrogen-bond donors (Lipinski definition) is 0. The van der Waals surface area contributed by atoms with Crippen LogP contribution in [0.25, 0.3) is 0 Å². The SMILES string of the molecule is CS(=O)(=O)C1CSCCN1c1ccc(C#N)cc1F. The van der Waals surface area contributed by atoms with Gasteiger partial charge in [0.2, 0.25) is 0 Å². The van der Waals surface area contributed by atoms with Crippen LogP contribution in [0.5, 0.6) is 0 Å². The Balaban J connectivity index is 2.41. The molecule has 1 aromatic carbocycles. The van der Waals surface area contributed by atoms with E-state index in [1.165, 1.54) is 12.1 Å². The van der Waals surface area contributed by atoms with Crippen molar-refractivity contribution < 1.29 is 12.8 Å². The van der Waals surface area contributed by atoms with Crippen LogP contribution in [0.2, 0.25) is 0 Å². The Morgan fingerprint density at radius 2 is 2.26 bits per heavy atom. The minimum Gasteiger partial charge on any atom is -0.351 e. The number of thioether (sulfide) groups is 1. The van der Waals surface area contributed by atoms with Crippen molar-refractivity contribution in [2.24, 2.45) is 0 Å². The van der Waals surface area contributed by atoms with E-state index in [2.05, 4.69) is 0 Å². The topological polar surface area (TPSA) is 61.2 Å². The van der Waals surface area contributed by atoms with E-state index in [0.717, 1.165) is 18.1 Å². The number of benzene rings is 1. The van der Waals surface area contributed by atoms with Crippen LogP contribution in [-0.4, -0.2) is 38.1 Å². The van der Waals surface area contributed by atoms with E-state index in [1.807, 2.05) is 6.07 Å². The molecule has 7 heteroatoms. The Kier molecular flexibility index (Phi) is 4.02. The zero-order valence-corrected chi connectivity index (χ0v) is 12.0. The molecule has 0 aromatic heterocycles. The first kappa shape index (κ1) is 14.2. The van der Waals surface area contributed by atoms with Gasteiger partial charge in [0.15, 0.2) is 9.84 Å². The van der Waals surface area contributed by atoms with Crippen molar-refractivity contribution >= 4 is 27.3 Å². The summed E-state index contributed by atoms with van der Waals surface area (Å²) in [7, 11) is -3.28. The molecule has 1 aliphatic heterocycles. The number of hydrogen-bond acceptors (Lipinski definition) is 5. The maximum Gasteiger partial charge on any atom is 0.169 e. The zero-order chi connectivity index (χ0) is 14.0. The van der Waals surface area contributed by atoms with Crippen molar-refractivity contribution in [2.45, 2.75) is 5.37 Å². The molecule has 1 aromatic rings. The molecule has 0 bridgehead atoms. The summed E-state index contributed by atoms with van der Waals surface area (Å²) in [6, 6.07) is 5.97. The number of nitrogens with zero attached hydrogens (tertiary/aromatic N) is 2. The van der Waals surface area contributed by atoms with Crippen molar-refractivity contribution in [1.29, 1.82) is 5.26 Å². The molecule has 4 nitrogen and oxygen atoms in total. The fourth-order valence-corrected chi connectivity index (χ4v) is 4.85. The van der Waals surface area contributed by atoms with Gasteiger partial charge in [-0.2, -0.15) is 17.0 Å². The van der Waals surface area contributed by atoms with Crippen LogP contribution in [0.4, 0.5) is 10.1 Å². The molecule has 0 saturated carbocycles. The standard InChI is InChI=1S/C12H13FN2O2S2/c1-19(16,17)12-8-18-5-4-15(12)11-3-2-9(7-14)6-10(11)13/h2-3,6,12H,4-5,8H2,1H3. The maximum atomic E-state index is 14.0. The van der Waals surface area contributed by atoms with Crippen LogP contribution in [0.3, 0.4) is 0 Å². The Hall–Kier alpha value is -1.26. The highest BCUT2D eigenvalue weighted by Gasteiger charge is 2.32. The average molecular weight is 300 g/mol. The third kappa shape index (κ3) is 3.01. The third-order valence-corrected chi connectivity index (χ3v) is 5.61. The van der Waals surface area contributed by atoms with E-state index in [-0.39, 0.29) is 11.3 Å². The minimum absolute atomic E-state index is 0.226. The van der Waals surface area contributed by atoms with E-state index in [9.17, 15) is 12.8 Å². The molecular formula is C12H13FN2O2S2. The van der Waals surface area contributed by atoms with Crippen LogP contribution in [0, 0.1) is 17.1 Å². The number of halogens is 1. The van der Waals surface area contributed by atoms with Crippen LogP contribution < -0.4 is 4.90 Å². The van der Waals surface area contributed by atoms with Crippen LogP contribution in [0.1, 0.15) is 5.56 Å². The summed E-state index contributed by atoms with van der Waals surface area (Å²) in [6.07, 6.45) is 1.16. The Labute approximate surface area is 116 Å². The van der Waals surface area contributed by atoms with Gasteiger partial charge in [0, 0.05) is 24.3 Å². The van der Waals surface area contributed by atoms with Gasteiger partial charge in [-0.05, 0) is 18.2 Å². The zero-order valence-electron chi connectivity index (χ0n) is 10.3. The summed E-state index contributed by atoms with van der Waals surface area (Å²) in [4.78, 5) is 1.57. The van der Waals surface area contributed by atoms with Crippen molar-refractivity contribution in [3.8, 4) is 6.07 Å². The van der Waals surface area contributed by atoms with Gasteiger partial charge in [0.1, 0.15) is 11.2 Å². The van der Waals surface area contributed by atoms with Gasteiger partial charge in [-0.15, -0.1) is 0 Å². The molecule has 1 fully saturated rings. The van der Waals surface area contributed by atoms with E-state index < -0.39 is 21.0 Å². The van der Waals surface area contributed by atoms with Gasteiger partial charge in [-0.3, -0.25) is 0 Å². The lowest BCUT2D eigenvalue weighted by Crippen LogP contribution is -2.47. The van der Waals surface area contributed by atoms with Crippen molar-refractivity contribution in [3.05, 3.63) is 29.6 Å². The average Bonchev–Trinajstić information content (AvgIpc) is 2.37. The van der Waals surface area contributed by atoms with Gasteiger partial charge in [-0.25, -0.2) is 12.8 Å². The van der Waals surface area contributed by atoms with E-state index in [0.29, 0.717) is 12.3 Å².